The van der Waals surface area contributed by atoms with Gasteiger partial charge in [0.25, 0.3) is 0 Å². The molecule has 2 rings (SSSR count). The van der Waals surface area contributed by atoms with Crippen molar-refractivity contribution in [1.29, 1.82) is 0 Å². The molecule has 0 bridgehead atoms. The number of hydrogen-bond donors (Lipinski definition) is 1. The second-order valence-corrected chi connectivity index (χ2v) is 6.12. The first-order valence-electron chi connectivity index (χ1n) is 6.42. The molecule has 0 spiro atoms. The third kappa shape index (κ3) is 3.54. The third-order valence-electron chi connectivity index (χ3n) is 3.12. The zero-order valence-electron chi connectivity index (χ0n) is 11.4. The van der Waals surface area contributed by atoms with E-state index in [9.17, 15) is 0 Å². The molecule has 0 amide bonds. The van der Waals surface area contributed by atoms with E-state index in [1.807, 2.05) is 37.3 Å². The normalized spacial score (nSPS) is 13.8. The third-order valence-corrected chi connectivity index (χ3v) is 3.98. The summed E-state index contributed by atoms with van der Waals surface area (Å²) >= 11 is 9.41. The Labute approximate surface area is 133 Å². The van der Waals surface area contributed by atoms with Crippen LogP contribution in [-0.4, -0.2) is 6.04 Å². The molecule has 20 heavy (non-hydrogen) atoms. The van der Waals surface area contributed by atoms with E-state index in [4.69, 9.17) is 22.1 Å². The van der Waals surface area contributed by atoms with Crippen LogP contribution in [0.2, 0.25) is 5.02 Å². The molecule has 0 aromatic heterocycles. The predicted molar refractivity (Wildman–Crippen MR) is 87.3 cm³/mol. The highest BCUT2D eigenvalue weighted by molar-refractivity contribution is 9.10. The lowest BCUT2D eigenvalue weighted by atomic mass is 9.99. The fourth-order valence-electron chi connectivity index (χ4n) is 2.07. The van der Waals surface area contributed by atoms with Crippen molar-refractivity contribution >= 4 is 27.5 Å². The van der Waals surface area contributed by atoms with Crippen LogP contribution in [0.15, 0.2) is 46.9 Å². The van der Waals surface area contributed by atoms with E-state index in [0.717, 1.165) is 15.8 Å². The van der Waals surface area contributed by atoms with Gasteiger partial charge in [-0.05, 0) is 59.1 Å². The van der Waals surface area contributed by atoms with Crippen LogP contribution >= 0.6 is 27.5 Å². The lowest BCUT2D eigenvalue weighted by molar-refractivity contribution is 0.178. The molecule has 0 radical (unpaired) electrons. The molecule has 0 aliphatic carbocycles. The number of benzene rings is 2. The maximum Gasteiger partial charge on any atom is 0.139 e. The van der Waals surface area contributed by atoms with Crippen molar-refractivity contribution in [2.75, 3.05) is 0 Å². The minimum atomic E-state index is -0.200. The molecule has 0 fully saturated rings. The molecule has 2 aromatic rings. The van der Waals surface area contributed by atoms with Crippen molar-refractivity contribution in [3.8, 4) is 5.75 Å². The van der Waals surface area contributed by atoms with Gasteiger partial charge in [-0.1, -0.05) is 35.9 Å². The molecule has 0 saturated heterocycles. The maximum absolute atomic E-state index is 6.10. The summed E-state index contributed by atoms with van der Waals surface area (Å²) in [6.07, 6.45) is -0.200. The lowest BCUT2D eigenvalue weighted by Gasteiger charge is -2.25. The van der Waals surface area contributed by atoms with Gasteiger partial charge in [0.1, 0.15) is 11.9 Å². The Morgan fingerprint density at radius 2 is 1.90 bits per heavy atom. The average molecular weight is 355 g/mol. The van der Waals surface area contributed by atoms with E-state index in [1.54, 1.807) is 6.07 Å². The summed E-state index contributed by atoms with van der Waals surface area (Å²) in [5.41, 5.74) is 8.37. The molecule has 0 aliphatic heterocycles. The molecule has 2 atom stereocenters. The van der Waals surface area contributed by atoms with E-state index in [0.29, 0.717) is 5.02 Å². The highest BCUT2D eigenvalue weighted by Crippen LogP contribution is 2.33. The van der Waals surface area contributed by atoms with Crippen LogP contribution in [0.1, 0.15) is 24.2 Å². The van der Waals surface area contributed by atoms with Crippen molar-refractivity contribution in [2.24, 2.45) is 5.73 Å². The number of aryl methyl sites for hydroxylation is 1. The smallest absolute Gasteiger partial charge is 0.139 e. The van der Waals surface area contributed by atoms with E-state index >= 15 is 0 Å². The highest BCUT2D eigenvalue weighted by Gasteiger charge is 2.20. The second-order valence-electron chi connectivity index (χ2n) is 4.83. The molecule has 0 saturated carbocycles. The first-order chi connectivity index (χ1) is 9.49. The summed E-state index contributed by atoms with van der Waals surface area (Å²) in [6.45, 7) is 4.01. The summed E-state index contributed by atoms with van der Waals surface area (Å²) in [5.74, 6) is 0.736. The summed E-state index contributed by atoms with van der Waals surface area (Å²) < 4.78 is 6.92. The average Bonchev–Trinajstić information content (AvgIpc) is 2.39. The van der Waals surface area contributed by atoms with Gasteiger partial charge in [0.05, 0.1) is 4.47 Å². The Morgan fingerprint density at radius 3 is 2.50 bits per heavy atom. The Balaban J connectivity index is 2.33. The Morgan fingerprint density at radius 1 is 1.20 bits per heavy atom. The van der Waals surface area contributed by atoms with Crippen LogP contribution in [0.25, 0.3) is 0 Å². The molecule has 0 aliphatic rings. The maximum atomic E-state index is 6.10. The van der Waals surface area contributed by atoms with E-state index in [1.165, 1.54) is 5.56 Å². The van der Waals surface area contributed by atoms with Gasteiger partial charge in [-0.25, -0.2) is 0 Å². The standard InChI is InChI=1S/C16H17BrClNO/c1-10-5-3-4-6-13(10)16(11(2)19)20-15-8-7-12(18)9-14(15)17/h3-9,11,16H,19H2,1-2H3. The minimum Gasteiger partial charge on any atom is -0.483 e. The van der Waals surface area contributed by atoms with Gasteiger partial charge < -0.3 is 10.5 Å². The molecule has 0 heterocycles. The predicted octanol–water partition coefficient (Wildman–Crippen LogP) is 4.88. The molecular weight excluding hydrogens is 338 g/mol. The topological polar surface area (TPSA) is 35.2 Å². The Bertz CT molecular complexity index is 601. The SMILES string of the molecule is Cc1ccccc1C(Oc1ccc(Cl)cc1Br)C(C)N. The monoisotopic (exact) mass is 353 g/mol. The van der Waals surface area contributed by atoms with Crippen molar-refractivity contribution in [3.05, 3.63) is 63.1 Å². The first kappa shape index (κ1) is 15.4. The van der Waals surface area contributed by atoms with Crippen LogP contribution in [-0.2, 0) is 0 Å². The largest absolute Gasteiger partial charge is 0.483 e. The van der Waals surface area contributed by atoms with Crippen molar-refractivity contribution < 1.29 is 4.74 Å². The van der Waals surface area contributed by atoms with Crippen LogP contribution in [0, 0.1) is 6.92 Å². The van der Waals surface area contributed by atoms with Gasteiger partial charge in [-0.15, -0.1) is 0 Å². The van der Waals surface area contributed by atoms with Gasteiger partial charge in [-0.3, -0.25) is 0 Å². The van der Waals surface area contributed by atoms with Crippen molar-refractivity contribution in [2.45, 2.75) is 26.0 Å². The van der Waals surface area contributed by atoms with Crippen LogP contribution in [0.5, 0.6) is 5.75 Å². The van der Waals surface area contributed by atoms with Gasteiger partial charge in [-0.2, -0.15) is 0 Å². The second kappa shape index (κ2) is 6.61. The molecule has 2 unspecified atom stereocenters. The fraction of sp³-hybridized carbons (Fsp3) is 0.250. The van der Waals surface area contributed by atoms with Crippen molar-refractivity contribution in [3.63, 3.8) is 0 Å². The quantitative estimate of drug-likeness (QED) is 0.849. The van der Waals surface area contributed by atoms with Gasteiger partial charge in [0.2, 0.25) is 0 Å². The number of halogens is 2. The van der Waals surface area contributed by atoms with E-state index in [2.05, 4.69) is 28.9 Å². The van der Waals surface area contributed by atoms with Gasteiger partial charge >= 0.3 is 0 Å². The molecule has 2 aromatic carbocycles. The number of ether oxygens (including phenoxy) is 1. The number of rotatable bonds is 4. The van der Waals surface area contributed by atoms with E-state index in [-0.39, 0.29) is 12.1 Å². The molecule has 4 heteroatoms. The summed E-state index contributed by atoms with van der Waals surface area (Å²) in [6, 6.07) is 13.5. The lowest BCUT2D eigenvalue weighted by Crippen LogP contribution is -2.29. The van der Waals surface area contributed by atoms with Gasteiger partial charge in [0, 0.05) is 11.1 Å². The molecular formula is C16H17BrClNO. The van der Waals surface area contributed by atoms with Crippen molar-refractivity contribution in [1.82, 2.24) is 0 Å². The Hall–Kier alpha value is -1.03. The molecule has 2 N–H and O–H groups in total. The summed E-state index contributed by atoms with van der Waals surface area (Å²) in [7, 11) is 0. The number of nitrogens with two attached hydrogens (primary N) is 1. The minimum absolute atomic E-state index is 0.126. The highest BCUT2D eigenvalue weighted by atomic mass is 79.9. The van der Waals surface area contributed by atoms with Gasteiger partial charge in [0.15, 0.2) is 0 Å². The molecule has 2 nitrogen and oxygen atoms in total. The first-order valence-corrected chi connectivity index (χ1v) is 7.59. The summed E-state index contributed by atoms with van der Waals surface area (Å²) in [4.78, 5) is 0. The van der Waals surface area contributed by atoms with Crippen LogP contribution in [0.3, 0.4) is 0 Å². The summed E-state index contributed by atoms with van der Waals surface area (Å²) in [5, 5.41) is 0.664. The zero-order valence-corrected chi connectivity index (χ0v) is 13.8. The zero-order chi connectivity index (χ0) is 14.7. The van der Waals surface area contributed by atoms with Crippen LogP contribution in [0.4, 0.5) is 0 Å². The number of hydrogen-bond acceptors (Lipinski definition) is 2. The van der Waals surface area contributed by atoms with E-state index < -0.39 is 0 Å². The van der Waals surface area contributed by atoms with Crippen LogP contribution < -0.4 is 10.5 Å². The Kier molecular flexibility index (Phi) is 5.08. The molecule has 106 valence electrons. The fourth-order valence-corrected chi connectivity index (χ4v) is 2.84.